The highest BCUT2D eigenvalue weighted by Crippen LogP contribution is 2.35. The molecule has 2 amide bonds. The zero-order valence-electron chi connectivity index (χ0n) is 15.6. The average Bonchev–Trinajstić information content (AvgIpc) is 2.52. The summed E-state index contributed by atoms with van der Waals surface area (Å²) in [5.41, 5.74) is 9.11. The van der Waals surface area contributed by atoms with Gasteiger partial charge in [-0.2, -0.15) is 0 Å². The first-order valence-electron chi connectivity index (χ1n) is 8.28. The van der Waals surface area contributed by atoms with Gasteiger partial charge in [-0.1, -0.05) is 64.2 Å². The summed E-state index contributed by atoms with van der Waals surface area (Å²) in [5, 5.41) is 12.7. The molecular formula is C19H28N2O3Si. The van der Waals surface area contributed by atoms with Gasteiger partial charge < -0.3 is 16.2 Å². The molecule has 2 atom stereocenters. The second-order valence-corrected chi connectivity index (χ2v) is 12.7. The van der Waals surface area contributed by atoms with E-state index < -0.39 is 32.0 Å². The molecule has 0 unspecified atom stereocenters. The summed E-state index contributed by atoms with van der Waals surface area (Å²) in [7, 11) is -1.80. The van der Waals surface area contributed by atoms with Gasteiger partial charge >= 0.3 is 0 Å². The summed E-state index contributed by atoms with van der Waals surface area (Å²) in [6.45, 7) is 10.8. The fourth-order valence-corrected chi connectivity index (χ4v) is 2.74. The molecule has 0 saturated heterocycles. The van der Waals surface area contributed by atoms with Gasteiger partial charge in [0.2, 0.25) is 5.91 Å². The molecule has 1 aromatic carbocycles. The van der Waals surface area contributed by atoms with Crippen LogP contribution in [0.3, 0.4) is 0 Å². The Morgan fingerprint density at radius 2 is 1.80 bits per heavy atom. The smallest absolute Gasteiger partial charge is 0.254 e. The Labute approximate surface area is 151 Å². The normalized spacial score (nSPS) is 14.0. The van der Waals surface area contributed by atoms with E-state index in [1.807, 2.05) is 0 Å². The predicted molar refractivity (Wildman–Crippen MR) is 102 cm³/mol. The Morgan fingerprint density at radius 1 is 1.24 bits per heavy atom. The lowest BCUT2D eigenvalue weighted by molar-refractivity contribution is -0.133. The standard InChI is InChI=1S/C19H28N2O3Si/c1-19(2,3)25(4,5)13-9-12-15(17(20)23)21-18(24)16(22)14-10-7-6-8-11-14/h6-8,10-11,15-16,22H,12H2,1-5H3,(H2,20,23)(H,21,24)/t15-,16-/m0/s1. The number of hydrogen-bond donors (Lipinski definition) is 3. The number of carbonyl (C=O) groups excluding carboxylic acids is 2. The molecule has 0 heterocycles. The first kappa shape index (κ1) is 20.9. The minimum Gasteiger partial charge on any atom is -0.378 e. The van der Waals surface area contributed by atoms with Crippen LogP contribution in [0.2, 0.25) is 18.1 Å². The molecule has 0 aliphatic heterocycles. The highest BCUT2D eigenvalue weighted by Gasteiger charge is 2.33. The van der Waals surface area contributed by atoms with Gasteiger partial charge in [0.1, 0.15) is 14.1 Å². The van der Waals surface area contributed by atoms with Crippen LogP contribution in [0.5, 0.6) is 0 Å². The van der Waals surface area contributed by atoms with Crippen LogP contribution < -0.4 is 11.1 Å². The van der Waals surface area contributed by atoms with Gasteiger partial charge in [-0.25, -0.2) is 0 Å². The molecule has 0 aliphatic carbocycles. The van der Waals surface area contributed by atoms with E-state index in [-0.39, 0.29) is 11.5 Å². The third-order valence-electron chi connectivity index (χ3n) is 4.61. The Bertz CT molecular complexity index is 669. The highest BCUT2D eigenvalue weighted by molar-refractivity contribution is 6.87. The van der Waals surface area contributed by atoms with E-state index in [1.165, 1.54) is 0 Å². The van der Waals surface area contributed by atoms with Crippen LogP contribution in [0.4, 0.5) is 0 Å². The van der Waals surface area contributed by atoms with Crippen LogP contribution in [0.15, 0.2) is 30.3 Å². The van der Waals surface area contributed by atoms with Crippen LogP contribution in [-0.2, 0) is 9.59 Å². The van der Waals surface area contributed by atoms with E-state index in [0.29, 0.717) is 5.56 Å². The maximum Gasteiger partial charge on any atom is 0.254 e. The molecule has 5 nitrogen and oxygen atoms in total. The van der Waals surface area contributed by atoms with Crippen LogP contribution in [-0.4, -0.2) is 31.0 Å². The van der Waals surface area contributed by atoms with Gasteiger partial charge in [-0.3, -0.25) is 9.59 Å². The molecule has 0 bridgehead atoms. The molecule has 1 aromatic rings. The molecule has 6 heteroatoms. The van der Waals surface area contributed by atoms with Crippen molar-refractivity contribution in [2.24, 2.45) is 5.73 Å². The Hall–Kier alpha value is -2.10. The quantitative estimate of drug-likeness (QED) is 0.555. The van der Waals surface area contributed by atoms with Gasteiger partial charge in [-0.15, -0.1) is 11.5 Å². The lowest BCUT2D eigenvalue weighted by Gasteiger charge is -2.31. The number of nitrogens with two attached hydrogens (primary N) is 1. The van der Waals surface area contributed by atoms with Crippen molar-refractivity contribution in [2.45, 2.75) is 57.5 Å². The van der Waals surface area contributed by atoms with Crippen molar-refractivity contribution in [1.82, 2.24) is 5.32 Å². The Balaban J connectivity index is 2.79. The number of rotatable bonds is 5. The van der Waals surface area contributed by atoms with E-state index in [1.54, 1.807) is 30.3 Å². The van der Waals surface area contributed by atoms with Crippen LogP contribution in [0, 0.1) is 11.5 Å². The average molecular weight is 361 g/mol. The lowest BCUT2D eigenvalue weighted by Crippen LogP contribution is -2.46. The number of hydrogen-bond acceptors (Lipinski definition) is 3. The number of amides is 2. The van der Waals surface area contributed by atoms with E-state index in [0.717, 1.165) is 0 Å². The molecule has 0 aromatic heterocycles. The second-order valence-electron chi connectivity index (χ2n) is 7.66. The fraction of sp³-hybridized carbons (Fsp3) is 0.474. The minimum absolute atomic E-state index is 0.106. The number of carbonyl (C=O) groups is 2. The molecular weight excluding hydrogens is 332 g/mol. The summed E-state index contributed by atoms with van der Waals surface area (Å²) >= 11 is 0. The van der Waals surface area contributed by atoms with E-state index in [2.05, 4.69) is 50.6 Å². The zero-order chi connectivity index (χ0) is 19.3. The molecule has 1 rings (SSSR count). The summed E-state index contributed by atoms with van der Waals surface area (Å²) in [6.07, 6.45) is -1.22. The van der Waals surface area contributed by atoms with Crippen molar-refractivity contribution in [1.29, 1.82) is 0 Å². The third kappa shape index (κ3) is 6.04. The summed E-state index contributed by atoms with van der Waals surface area (Å²) < 4.78 is 0. The van der Waals surface area contributed by atoms with Crippen molar-refractivity contribution >= 4 is 19.9 Å². The largest absolute Gasteiger partial charge is 0.378 e. The summed E-state index contributed by atoms with van der Waals surface area (Å²) in [4.78, 5) is 23.8. The monoisotopic (exact) mass is 360 g/mol. The number of aliphatic hydroxyl groups is 1. The van der Waals surface area contributed by atoms with E-state index in [9.17, 15) is 14.7 Å². The fourth-order valence-electron chi connectivity index (χ4n) is 1.82. The van der Waals surface area contributed by atoms with Crippen LogP contribution in [0.25, 0.3) is 0 Å². The van der Waals surface area contributed by atoms with Gasteiger partial charge in [0, 0.05) is 6.42 Å². The first-order valence-corrected chi connectivity index (χ1v) is 11.3. The lowest BCUT2D eigenvalue weighted by atomic mass is 10.1. The molecule has 0 spiro atoms. The second kappa shape index (κ2) is 8.32. The van der Waals surface area contributed by atoms with Crippen molar-refractivity contribution in [3.8, 4) is 11.5 Å². The number of aliphatic hydroxyl groups excluding tert-OH is 1. The SMILES string of the molecule is CC(C)(C)[Si](C)(C)C#CC[C@H](NC(=O)[C@@H](O)c1ccccc1)C(N)=O. The first-order chi connectivity index (χ1) is 11.5. The van der Waals surface area contributed by atoms with E-state index >= 15 is 0 Å². The molecule has 25 heavy (non-hydrogen) atoms. The Kier molecular flexibility index (Phi) is 6.97. The zero-order valence-corrected chi connectivity index (χ0v) is 16.6. The molecule has 0 radical (unpaired) electrons. The molecule has 136 valence electrons. The molecule has 0 aliphatic rings. The van der Waals surface area contributed by atoms with Crippen LogP contribution >= 0.6 is 0 Å². The maximum absolute atomic E-state index is 12.2. The van der Waals surface area contributed by atoms with Gasteiger partial charge in [0.25, 0.3) is 5.91 Å². The summed E-state index contributed by atoms with van der Waals surface area (Å²) in [6, 6.07) is 7.59. The number of primary amides is 1. The minimum atomic E-state index is -1.80. The van der Waals surface area contributed by atoms with Crippen molar-refractivity contribution < 1.29 is 14.7 Å². The van der Waals surface area contributed by atoms with Crippen molar-refractivity contribution in [3.63, 3.8) is 0 Å². The van der Waals surface area contributed by atoms with E-state index in [4.69, 9.17) is 5.73 Å². The molecule has 0 fully saturated rings. The molecule has 4 N–H and O–H groups in total. The van der Waals surface area contributed by atoms with Gasteiger partial charge in [0.05, 0.1) is 0 Å². The third-order valence-corrected chi connectivity index (χ3v) is 9.16. The highest BCUT2D eigenvalue weighted by atomic mass is 28.3. The predicted octanol–water partition coefficient (Wildman–Crippen LogP) is 2.13. The van der Waals surface area contributed by atoms with Crippen molar-refractivity contribution in [2.75, 3.05) is 0 Å². The van der Waals surface area contributed by atoms with Crippen molar-refractivity contribution in [3.05, 3.63) is 35.9 Å². The Morgan fingerprint density at radius 3 is 2.28 bits per heavy atom. The molecule has 0 saturated carbocycles. The van der Waals surface area contributed by atoms with Gasteiger partial charge in [-0.05, 0) is 10.6 Å². The maximum atomic E-state index is 12.2. The van der Waals surface area contributed by atoms with Gasteiger partial charge in [0.15, 0.2) is 6.10 Å². The topological polar surface area (TPSA) is 92.4 Å². The number of benzene rings is 1. The van der Waals surface area contributed by atoms with Crippen LogP contribution in [0.1, 0.15) is 38.9 Å². The summed E-state index contributed by atoms with van der Waals surface area (Å²) in [5.74, 6) is 1.68. The number of nitrogens with one attached hydrogen (secondary N) is 1.